The summed E-state index contributed by atoms with van der Waals surface area (Å²) < 4.78 is 11.5. The van der Waals surface area contributed by atoms with E-state index in [-0.39, 0.29) is 5.41 Å². The molecule has 0 bridgehead atoms. The highest BCUT2D eigenvalue weighted by Crippen LogP contribution is 2.46. The standard InChI is InChI=1S/C26H35ClN2O4/c1-16-20(23(24(30)31)33-25(2,3)4)22(29-13-11-26(5,6)12-14-29)18(15-28-16)17-9-8-10-19(32-7)21(17)27/h8-10,15,23H,11-14H2,1-7H3,(H,30,31)/t23-/m0/s1. The number of pyridine rings is 1. The number of halogens is 1. The summed E-state index contributed by atoms with van der Waals surface area (Å²) in [6.45, 7) is 13.6. The van der Waals surface area contributed by atoms with Crippen molar-refractivity contribution in [1.82, 2.24) is 4.98 Å². The minimum absolute atomic E-state index is 0.237. The Bertz CT molecular complexity index is 1020. The number of aliphatic carboxylic acids is 1. The van der Waals surface area contributed by atoms with Gasteiger partial charge in [0.15, 0.2) is 6.10 Å². The molecular formula is C26H35ClN2O4. The second kappa shape index (κ2) is 9.51. The van der Waals surface area contributed by atoms with Crippen molar-refractivity contribution in [2.75, 3.05) is 25.1 Å². The third kappa shape index (κ3) is 5.61. The largest absolute Gasteiger partial charge is 0.495 e. The minimum Gasteiger partial charge on any atom is -0.495 e. The fourth-order valence-electron chi connectivity index (χ4n) is 4.26. The molecule has 1 aliphatic rings. The molecule has 1 saturated heterocycles. The predicted molar refractivity (Wildman–Crippen MR) is 132 cm³/mol. The fourth-order valence-corrected chi connectivity index (χ4v) is 4.56. The number of aryl methyl sites for hydroxylation is 1. The van der Waals surface area contributed by atoms with E-state index >= 15 is 0 Å². The highest BCUT2D eigenvalue weighted by Gasteiger charge is 2.36. The van der Waals surface area contributed by atoms with Gasteiger partial charge in [-0.05, 0) is 52.0 Å². The molecule has 1 aromatic carbocycles. The lowest BCUT2D eigenvalue weighted by Gasteiger charge is -2.41. The first-order valence-corrected chi connectivity index (χ1v) is 11.7. The van der Waals surface area contributed by atoms with Gasteiger partial charge in [0.1, 0.15) is 5.75 Å². The highest BCUT2D eigenvalue weighted by atomic mass is 35.5. The Morgan fingerprint density at radius 1 is 1.21 bits per heavy atom. The molecule has 7 heteroatoms. The summed E-state index contributed by atoms with van der Waals surface area (Å²) in [6, 6.07) is 5.60. The van der Waals surface area contributed by atoms with Crippen molar-refractivity contribution in [3.05, 3.63) is 40.7 Å². The predicted octanol–water partition coefficient (Wildman–Crippen LogP) is 6.29. The molecule has 2 aromatic rings. The molecule has 3 rings (SSSR count). The quantitative estimate of drug-likeness (QED) is 0.530. The van der Waals surface area contributed by atoms with Crippen molar-refractivity contribution in [2.45, 2.75) is 66.1 Å². The van der Waals surface area contributed by atoms with Crippen molar-refractivity contribution in [1.29, 1.82) is 0 Å². The van der Waals surface area contributed by atoms with E-state index in [4.69, 9.17) is 21.1 Å². The number of ether oxygens (including phenoxy) is 2. The van der Waals surface area contributed by atoms with Gasteiger partial charge in [0.2, 0.25) is 0 Å². The number of nitrogens with zero attached hydrogens (tertiary/aromatic N) is 2. The zero-order chi connectivity index (χ0) is 24.6. The van der Waals surface area contributed by atoms with E-state index in [1.165, 1.54) is 0 Å². The molecule has 2 heterocycles. The Morgan fingerprint density at radius 3 is 2.39 bits per heavy atom. The van der Waals surface area contributed by atoms with Crippen LogP contribution >= 0.6 is 11.6 Å². The number of rotatable bonds is 6. The number of hydrogen-bond donors (Lipinski definition) is 1. The van der Waals surface area contributed by atoms with Gasteiger partial charge in [-0.1, -0.05) is 37.6 Å². The first-order valence-electron chi connectivity index (χ1n) is 11.3. The van der Waals surface area contributed by atoms with E-state index in [0.29, 0.717) is 22.0 Å². The smallest absolute Gasteiger partial charge is 0.337 e. The molecular weight excluding hydrogens is 440 g/mol. The lowest BCUT2D eigenvalue weighted by molar-refractivity contribution is -0.160. The lowest BCUT2D eigenvalue weighted by Crippen LogP contribution is -2.39. The van der Waals surface area contributed by atoms with E-state index in [1.54, 1.807) is 19.4 Å². The van der Waals surface area contributed by atoms with E-state index in [9.17, 15) is 9.90 Å². The number of carboxylic acid groups (broad SMARTS) is 1. The number of aromatic nitrogens is 1. The van der Waals surface area contributed by atoms with Crippen LogP contribution in [0.3, 0.4) is 0 Å². The van der Waals surface area contributed by atoms with Crippen molar-refractivity contribution in [3.8, 4) is 16.9 Å². The summed E-state index contributed by atoms with van der Waals surface area (Å²) in [4.78, 5) is 19.3. The summed E-state index contributed by atoms with van der Waals surface area (Å²) in [6.07, 6.45) is 2.62. The maximum atomic E-state index is 12.5. The SMILES string of the molecule is COc1cccc(-c2cnc(C)c([C@H](OC(C)(C)C)C(=O)O)c2N2CCC(C)(C)CC2)c1Cl. The van der Waals surface area contributed by atoms with Crippen LogP contribution in [0.2, 0.25) is 5.02 Å². The number of hydrogen-bond acceptors (Lipinski definition) is 5. The number of anilines is 1. The van der Waals surface area contributed by atoms with Crippen LogP contribution in [-0.4, -0.2) is 41.9 Å². The van der Waals surface area contributed by atoms with Crippen LogP contribution in [0.5, 0.6) is 5.75 Å². The van der Waals surface area contributed by atoms with Crippen LogP contribution in [0.25, 0.3) is 11.1 Å². The molecule has 0 radical (unpaired) electrons. The summed E-state index contributed by atoms with van der Waals surface area (Å²) in [5, 5.41) is 10.7. The number of carbonyl (C=O) groups is 1. The number of carboxylic acids is 1. The van der Waals surface area contributed by atoms with Crippen LogP contribution in [0.4, 0.5) is 5.69 Å². The summed E-state index contributed by atoms with van der Waals surface area (Å²) in [5.74, 6) is -0.481. The highest BCUT2D eigenvalue weighted by molar-refractivity contribution is 6.35. The second-order valence-electron chi connectivity index (χ2n) is 10.4. The van der Waals surface area contributed by atoms with Crippen LogP contribution in [0.1, 0.15) is 64.8 Å². The number of methoxy groups -OCH3 is 1. The van der Waals surface area contributed by atoms with Crippen molar-refractivity contribution in [2.24, 2.45) is 5.41 Å². The first-order chi connectivity index (χ1) is 15.3. The Balaban J connectivity index is 2.29. The summed E-state index contributed by atoms with van der Waals surface area (Å²) >= 11 is 6.72. The molecule has 6 nitrogen and oxygen atoms in total. The molecule has 1 aromatic heterocycles. The Hall–Kier alpha value is -2.31. The van der Waals surface area contributed by atoms with Gasteiger partial charge < -0.3 is 19.5 Å². The van der Waals surface area contributed by atoms with Crippen LogP contribution in [0, 0.1) is 12.3 Å². The molecule has 1 atom stereocenters. The maximum Gasteiger partial charge on any atom is 0.337 e. The molecule has 33 heavy (non-hydrogen) atoms. The number of piperidine rings is 1. The van der Waals surface area contributed by atoms with Crippen LogP contribution in [-0.2, 0) is 9.53 Å². The van der Waals surface area contributed by atoms with Gasteiger partial charge >= 0.3 is 5.97 Å². The maximum absolute atomic E-state index is 12.5. The lowest BCUT2D eigenvalue weighted by atomic mass is 9.82. The van der Waals surface area contributed by atoms with Crippen LogP contribution in [0.15, 0.2) is 24.4 Å². The fraction of sp³-hybridized carbons (Fsp3) is 0.538. The van der Waals surface area contributed by atoms with Crippen molar-refractivity contribution < 1.29 is 19.4 Å². The molecule has 0 saturated carbocycles. The third-order valence-electron chi connectivity index (χ3n) is 6.15. The molecule has 0 aliphatic carbocycles. The van der Waals surface area contributed by atoms with Gasteiger partial charge in [0.05, 0.1) is 23.4 Å². The molecule has 1 fully saturated rings. The minimum atomic E-state index is -1.16. The Morgan fingerprint density at radius 2 is 1.85 bits per heavy atom. The van der Waals surface area contributed by atoms with Crippen molar-refractivity contribution in [3.63, 3.8) is 0 Å². The van der Waals surface area contributed by atoms with Crippen molar-refractivity contribution >= 4 is 23.3 Å². The van der Waals surface area contributed by atoms with Gasteiger partial charge in [-0.15, -0.1) is 0 Å². The second-order valence-corrected chi connectivity index (χ2v) is 10.8. The molecule has 0 amide bonds. The third-order valence-corrected chi connectivity index (χ3v) is 6.54. The number of benzene rings is 1. The normalized spacial score (nSPS) is 17.0. The van der Waals surface area contributed by atoms with E-state index in [0.717, 1.165) is 42.7 Å². The Kier molecular flexibility index (Phi) is 7.30. The van der Waals surface area contributed by atoms with Gasteiger partial charge in [0.25, 0.3) is 0 Å². The Labute approximate surface area is 201 Å². The van der Waals surface area contributed by atoms with E-state index in [2.05, 4.69) is 23.7 Å². The zero-order valence-electron chi connectivity index (χ0n) is 20.7. The zero-order valence-corrected chi connectivity index (χ0v) is 21.4. The topological polar surface area (TPSA) is 71.9 Å². The summed E-state index contributed by atoms with van der Waals surface area (Å²) in [7, 11) is 1.58. The van der Waals surface area contributed by atoms with Gasteiger partial charge in [0, 0.05) is 41.7 Å². The van der Waals surface area contributed by atoms with E-state index < -0.39 is 17.7 Å². The summed E-state index contributed by atoms with van der Waals surface area (Å²) in [5.41, 5.74) is 3.15. The average molecular weight is 475 g/mol. The van der Waals surface area contributed by atoms with Crippen LogP contribution < -0.4 is 9.64 Å². The van der Waals surface area contributed by atoms with Gasteiger partial charge in [-0.25, -0.2) is 4.79 Å². The first kappa shape index (κ1) is 25.3. The van der Waals surface area contributed by atoms with Gasteiger partial charge in [-0.3, -0.25) is 4.98 Å². The van der Waals surface area contributed by atoms with E-state index in [1.807, 2.05) is 39.8 Å². The monoisotopic (exact) mass is 474 g/mol. The molecule has 0 unspecified atom stereocenters. The average Bonchev–Trinajstić information content (AvgIpc) is 2.72. The molecule has 180 valence electrons. The van der Waals surface area contributed by atoms with Gasteiger partial charge in [-0.2, -0.15) is 0 Å². The molecule has 1 aliphatic heterocycles. The molecule has 1 N–H and O–H groups in total. The molecule has 0 spiro atoms.